The highest BCUT2D eigenvalue weighted by Crippen LogP contribution is 2.19. The van der Waals surface area contributed by atoms with Crippen molar-refractivity contribution in [2.45, 2.75) is 13.0 Å². The van der Waals surface area contributed by atoms with Gasteiger partial charge in [-0.2, -0.15) is 0 Å². The number of piperazine rings is 1. The molecule has 2 aromatic rings. The molecule has 142 valence electrons. The number of anilines is 2. The second kappa shape index (κ2) is 8.05. The van der Waals surface area contributed by atoms with Gasteiger partial charge in [0.05, 0.1) is 31.1 Å². The molecule has 0 unspecified atom stereocenters. The summed E-state index contributed by atoms with van der Waals surface area (Å²) in [6.07, 6.45) is 0. The van der Waals surface area contributed by atoms with Crippen LogP contribution in [0.1, 0.15) is 6.92 Å². The summed E-state index contributed by atoms with van der Waals surface area (Å²) in [6, 6.07) is 12.8. The molecule has 3 rings (SSSR count). The van der Waals surface area contributed by atoms with Crippen molar-refractivity contribution in [1.82, 2.24) is 0 Å². The highest BCUT2D eigenvalue weighted by molar-refractivity contribution is 5.93. The molecule has 2 aromatic carbocycles. The van der Waals surface area contributed by atoms with Gasteiger partial charge in [-0.3, -0.25) is 14.9 Å². The van der Waals surface area contributed by atoms with Crippen molar-refractivity contribution in [2.75, 3.05) is 36.4 Å². The average molecular weight is 371 g/mol. The number of amides is 1. The van der Waals surface area contributed by atoms with Gasteiger partial charge in [0.2, 0.25) is 0 Å². The van der Waals surface area contributed by atoms with Gasteiger partial charge in [-0.1, -0.05) is 6.07 Å². The smallest absolute Gasteiger partial charge is 0.282 e. The molecule has 1 fully saturated rings. The van der Waals surface area contributed by atoms with E-state index in [1.807, 2.05) is 19.1 Å². The van der Waals surface area contributed by atoms with Crippen molar-refractivity contribution in [3.05, 3.63) is 58.6 Å². The zero-order valence-corrected chi connectivity index (χ0v) is 15.1. The first-order valence-corrected chi connectivity index (χ1v) is 8.88. The zero-order chi connectivity index (χ0) is 19.4. The fourth-order valence-electron chi connectivity index (χ4n) is 3.28. The summed E-state index contributed by atoms with van der Waals surface area (Å²) in [5.74, 6) is 0.0954. The average Bonchev–Trinajstić information content (AvgIpc) is 2.68. The molecular weight excluding hydrogens is 348 g/mol. The maximum Gasteiger partial charge on any atom is 0.282 e. The van der Waals surface area contributed by atoms with Crippen molar-refractivity contribution in [1.29, 1.82) is 0 Å². The lowest BCUT2D eigenvalue weighted by Crippen LogP contribution is -3.19. The molecular formula is C19H23N4O4+. The fourth-order valence-corrected chi connectivity index (χ4v) is 3.28. The Kier molecular flexibility index (Phi) is 5.56. The van der Waals surface area contributed by atoms with E-state index in [4.69, 9.17) is 0 Å². The van der Waals surface area contributed by atoms with Crippen molar-refractivity contribution in [3.8, 4) is 5.75 Å². The number of carbonyl (C=O) groups excluding carboxylic acids is 1. The van der Waals surface area contributed by atoms with Crippen molar-refractivity contribution < 1.29 is 19.7 Å². The summed E-state index contributed by atoms with van der Waals surface area (Å²) in [5, 5.41) is 23.0. The molecule has 3 N–H and O–H groups in total. The number of hydrogen-bond donors (Lipinski definition) is 3. The molecule has 0 spiro atoms. The molecule has 0 bridgehead atoms. The van der Waals surface area contributed by atoms with E-state index in [1.54, 1.807) is 24.3 Å². The molecule has 1 saturated heterocycles. The molecule has 1 heterocycles. The standard InChI is InChI=1S/C19H22N4O4/c1-14(19(25)20-15-3-2-4-17(13-15)23(26)27)21-9-11-22(12-10-21)16-5-7-18(24)8-6-16/h2-8,13-14,24H,9-12H2,1H3,(H,20,25)/p+1/t14-/m0/s1. The third-order valence-electron chi connectivity index (χ3n) is 4.95. The number of benzene rings is 2. The van der Waals surface area contributed by atoms with Gasteiger partial charge in [-0.15, -0.1) is 0 Å². The number of phenols is 1. The number of quaternary nitrogens is 1. The van der Waals surface area contributed by atoms with Gasteiger partial charge in [-0.05, 0) is 37.3 Å². The quantitative estimate of drug-likeness (QED) is 0.539. The third kappa shape index (κ3) is 4.53. The number of non-ortho nitro benzene ring substituents is 1. The maximum atomic E-state index is 12.5. The predicted molar refractivity (Wildman–Crippen MR) is 102 cm³/mol. The molecule has 8 heteroatoms. The van der Waals surface area contributed by atoms with Gasteiger partial charge < -0.3 is 20.2 Å². The lowest BCUT2D eigenvalue weighted by molar-refractivity contribution is -0.914. The van der Waals surface area contributed by atoms with E-state index in [-0.39, 0.29) is 23.4 Å². The highest BCUT2D eigenvalue weighted by Gasteiger charge is 2.29. The van der Waals surface area contributed by atoms with Crippen molar-refractivity contribution in [3.63, 3.8) is 0 Å². The number of aromatic hydroxyl groups is 1. The largest absolute Gasteiger partial charge is 0.508 e. The molecule has 0 aromatic heterocycles. The second-order valence-electron chi connectivity index (χ2n) is 6.68. The number of carbonyl (C=O) groups is 1. The highest BCUT2D eigenvalue weighted by atomic mass is 16.6. The van der Waals surface area contributed by atoms with E-state index in [0.717, 1.165) is 31.9 Å². The van der Waals surface area contributed by atoms with Gasteiger partial charge in [0.25, 0.3) is 11.6 Å². The Morgan fingerprint density at radius 2 is 1.89 bits per heavy atom. The number of phenolic OH excluding ortho intramolecular Hbond substituents is 1. The van der Waals surface area contributed by atoms with Crippen LogP contribution in [0.2, 0.25) is 0 Å². The minimum atomic E-state index is -0.479. The van der Waals surface area contributed by atoms with Crippen LogP contribution in [0.5, 0.6) is 5.75 Å². The van der Waals surface area contributed by atoms with Gasteiger partial charge in [0, 0.05) is 23.5 Å². The van der Waals surface area contributed by atoms with Gasteiger partial charge in [0.1, 0.15) is 5.75 Å². The third-order valence-corrected chi connectivity index (χ3v) is 4.95. The first-order valence-electron chi connectivity index (χ1n) is 8.88. The lowest BCUT2D eigenvalue weighted by Gasteiger charge is -2.36. The Labute approximate surface area is 157 Å². The summed E-state index contributed by atoms with van der Waals surface area (Å²) >= 11 is 0. The minimum Gasteiger partial charge on any atom is -0.508 e. The van der Waals surface area contributed by atoms with Crippen molar-refractivity contribution >= 4 is 23.0 Å². The normalized spacial score (nSPS) is 16.0. The van der Waals surface area contributed by atoms with E-state index < -0.39 is 4.92 Å². The summed E-state index contributed by atoms with van der Waals surface area (Å²) < 4.78 is 0. The molecule has 0 saturated carbocycles. The molecule has 1 amide bonds. The minimum absolute atomic E-state index is 0.0460. The van der Waals surface area contributed by atoms with Crippen LogP contribution < -0.4 is 15.1 Å². The lowest BCUT2D eigenvalue weighted by atomic mass is 10.2. The molecule has 1 aliphatic heterocycles. The Hall–Kier alpha value is -3.13. The number of nitro benzene ring substituents is 1. The first kappa shape index (κ1) is 18.7. The van der Waals surface area contributed by atoms with Crippen LogP contribution in [0.4, 0.5) is 17.1 Å². The van der Waals surface area contributed by atoms with E-state index in [0.29, 0.717) is 5.69 Å². The molecule has 0 aliphatic carbocycles. The Morgan fingerprint density at radius 3 is 2.52 bits per heavy atom. The monoisotopic (exact) mass is 371 g/mol. The van der Waals surface area contributed by atoms with E-state index in [1.165, 1.54) is 17.0 Å². The van der Waals surface area contributed by atoms with Crippen LogP contribution >= 0.6 is 0 Å². The topological polar surface area (TPSA) is 100 Å². The number of nitro groups is 1. The van der Waals surface area contributed by atoms with Crippen molar-refractivity contribution in [2.24, 2.45) is 0 Å². The summed E-state index contributed by atoms with van der Waals surface area (Å²) in [4.78, 5) is 26.3. The molecule has 0 radical (unpaired) electrons. The number of rotatable bonds is 5. The molecule has 27 heavy (non-hydrogen) atoms. The van der Waals surface area contributed by atoms with Crippen LogP contribution in [0, 0.1) is 10.1 Å². The Morgan fingerprint density at radius 1 is 1.22 bits per heavy atom. The number of nitrogens with one attached hydrogen (secondary N) is 2. The van der Waals surface area contributed by atoms with Gasteiger partial charge in [-0.25, -0.2) is 0 Å². The van der Waals surface area contributed by atoms with Crippen LogP contribution in [0.15, 0.2) is 48.5 Å². The molecule has 1 aliphatic rings. The summed E-state index contributed by atoms with van der Waals surface area (Å²) in [6.45, 7) is 5.12. The summed E-state index contributed by atoms with van der Waals surface area (Å²) in [7, 11) is 0. The van der Waals surface area contributed by atoms with E-state index >= 15 is 0 Å². The van der Waals surface area contributed by atoms with Crippen LogP contribution in [-0.2, 0) is 4.79 Å². The Balaban J connectivity index is 1.56. The van der Waals surface area contributed by atoms with Crippen LogP contribution in [0.25, 0.3) is 0 Å². The van der Waals surface area contributed by atoms with Crippen LogP contribution in [0.3, 0.4) is 0 Å². The number of hydrogen-bond acceptors (Lipinski definition) is 5. The molecule has 1 atom stereocenters. The van der Waals surface area contributed by atoms with Gasteiger partial charge in [0.15, 0.2) is 6.04 Å². The second-order valence-corrected chi connectivity index (χ2v) is 6.68. The Bertz CT molecular complexity index is 817. The predicted octanol–water partition coefficient (Wildman–Crippen LogP) is 1.03. The maximum absolute atomic E-state index is 12.5. The summed E-state index contributed by atoms with van der Waals surface area (Å²) in [5.41, 5.74) is 1.44. The zero-order valence-electron chi connectivity index (χ0n) is 15.1. The van der Waals surface area contributed by atoms with Gasteiger partial charge >= 0.3 is 0 Å². The fraction of sp³-hybridized carbons (Fsp3) is 0.316. The van der Waals surface area contributed by atoms with E-state index in [2.05, 4.69) is 10.2 Å². The first-order chi connectivity index (χ1) is 12.9. The van der Waals surface area contributed by atoms with E-state index in [9.17, 15) is 20.0 Å². The molecule has 8 nitrogen and oxygen atoms in total. The number of nitrogens with zero attached hydrogens (tertiary/aromatic N) is 2. The SMILES string of the molecule is C[C@@H](C(=O)Nc1cccc([N+](=O)[O-])c1)[NH+]1CCN(c2ccc(O)cc2)CC1. The van der Waals surface area contributed by atoms with Crippen LogP contribution in [-0.4, -0.2) is 48.2 Å².